The Morgan fingerprint density at radius 1 is 1.50 bits per heavy atom. The summed E-state index contributed by atoms with van der Waals surface area (Å²) in [4.78, 5) is 4.20. The zero-order chi connectivity index (χ0) is 8.55. The molecule has 2 aromatic heterocycles. The van der Waals surface area contributed by atoms with Crippen LogP contribution in [0.25, 0.3) is 5.65 Å². The zero-order valence-corrected chi connectivity index (χ0v) is 7.80. The van der Waals surface area contributed by atoms with E-state index in [1.165, 1.54) is 0 Å². The summed E-state index contributed by atoms with van der Waals surface area (Å²) >= 11 is 1.67. The number of nitrogens with zero attached hydrogens (tertiary/aromatic N) is 3. The van der Waals surface area contributed by atoms with Gasteiger partial charge in [-0.1, -0.05) is 0 Å². The molecule has 4 heteroatoms. The maximum Gasteiger partial charge on any atom is 0.156 e. The first kappa shape index (κ1) is 7.61. The fourth-order valence-corrected chi connectivity index (χ4v) is 1.65. The Kier molecular flexibility index (Phi) is 1.77. The third kappa shape index (κ3) is 1.08. The van der Waals surface area contributed by atoms with E-state index >= 15 is 0 Å². The fourth-order valence-electron chi connectivity index (χ4n) is 1.14. The summed E-state index contributed by atoms with van der Waals surface area (Å²) in [5.41, 5.74) is 1.92. The Labute approximate surface area is 74.8 Å². The summed E-state index contributed by atoms with van der Waals surface area (Å²) in [6, 6.07) is 3.93. The molecule has 0 aliphatic heterocycles. The largest absolute Gasteiger partial charge is 0.237 e. The zero-order valence-electron chi connectivity index (χ0n) is 6.98. The fraction of sp³-hybridized carbons (Fsp3) is 0.250. The molecule has 0 fully saturated rings. The van der Waals surface area contributed by atoms with Gasteiger partial charge in [-0.3, -0.25) is 0 Å². The highest BCUT2D eigenvalue weighted by Crippen LogP contribution is 2.14. The van der Waals surface area contributed by atoms with Gasteiger partial charge in [0.2, 0.25) is 0 Å². The average Bonchev–Trinajstić information content (AvgIpc) is 2.44. The van der Waals surface area contributed by atoms with Crippen LogP contribution in [0.2, 0.25) is 0 Å². The normalized spacial score (nSPS) is 10.8. The molecule has 0 amide bonds. The lowest BCUT2D eigenvalue weighted by Gasteiger charge is -1.97. The summed E-state index contributed by atoms with van der Waals surface area (Å²) in [5, 5.41) is 5.44. The Hall–Kier alpha value is -1.03. The molecule has 2 aromatic rings. The SMILES string of the molecule is CSc1ccnc2cc(C)nn12. The summed E-state index contributed by atoms with van der Waals surface area (Å²) in [6.45, 7) is 1.97. The van der Waals surface area contributed by atoms with Crippen molar-refractivity contribution in [2.75, 3.05) is 6.26 Å². The van der Waals surface area contributed by atoms with Gasteiger partial charge in [0.25, 0.3) is 0 Å². The molecule has 0 aliphatic carbocycles. The van der Waals surface area contributed by atoms with E-state index < -0.39 is 0 Å². The minimum absolute atomic E-state index is 0.916. The van der Waals surface area contributed by atoms with Crippen LogP contribution in [0.1, 0.15) is 5.69 Å². The number of hydrogen-bond donors (Lipinski definition) is 0. The molecule has 0 saturated carbocycles. The number of aromatic nitrogens is 3. The van der Waals surface area contributed by atoms with Gasteiger partial charge in [-0.25, -0.2) is 9.50 Å². The van der Waals surface area contributed by atoms with E-state index in [0.29, 0.717) is 0 Å². The molecule has 0 saturated heterocycles. The molecule has 2 rings (SSSR count). The smallest absolute Gasteiger partial charge is 0.156 e. The lowest BCUT2D eigenvalue weighted by Crippen LogP contribution is -1.92. The first-order valence-electron chi connectivity index (χ1n) is 3.66. The van der Waals surface area contributed by atoms with Gasteiger partial charge in [0.05, 0.1) is 5.69 Å². The topological polar surface area (TPSA) is 30.2 Å². The Balaban J connectivity index is 2.78. The van der Waals surface area contributed by atoms with Crippen molar-refractivity contribution in [2.24, 2.45) is 0 Å². The monoisotopic (exact) mass is 179 g/mol. The molecule has 0 bridgehead atoms. The minimum atomic E-state index is 0.916. The van der Waals surface area contributed by atoms with Gasteiger partial charge in [0.15, 0.2) is 5.65 Å². The molecular weight excluding hydrogens is 170 g/mol. The van der Waals surface area contributed by atoms with Crippen LogP contribution in [0.5, 0.6) is 0 Å². The van der Waals surface area contributed by atoms with E-state index in [0.717, 1.165) is 16.4 Å². The van der Waals surface area contributed by atoms with Crippen molar-refractivity contribution in [1.29, 1.82) is 0 Å². The van der Waals surface area contributed by atoms with Crippen molar-refractivity contribution in [3.8, 4) is 0 Å². The summed E-state index contributed by atoms with van der Waals surface area (Å²) < 4.78 is 1.86. The third-order valence-electron chi connectivity index (χ3n) is 1.65. The third-order valence-corrected chi connectivity index (χ3v) is 2.38. The molecule has 2 heterocycles. The Morgan fingerprint density at radius 2 is 2.33 bits per heavy atom. The van der Waals surface area contributed by atoms with Crippen molar-refractivity contribution in [3.05, 3.63) is 24.0 Å². The molecule has 0 N–H and O–H groups in total. The molecule has 3 nitrogen and oxygen atoms in total. The highest BCUT2D eigenvalue weighted by Gasteiger charge is 2.01. The molecule has 0 unspecified atom stereocenters. The number of thioether (sulfide) groups is 1. The van der Waals surface area contributed by atoms with E-state index in [-0.39, 0.29) is 0 Å². The molecule has 12 heavy (non-hydrogen) atoms. The average molecular weight is 179 g/mol. The number of hydrogen-bond acceptors (Lipinski definition) is 3. The quantitative estimate of drug-likeness (QED) is 0.493. The molecular formula is C8H9N3S. The standard InChI is InChI=1S/C8H9N3S/c1-6-5-7-9-4-3-8(12-2)11(7)10-6/h3-5H,1-2H3. The summed E-state index contributed by atoms with van der Waals surface area (Å²) in [7, 11) is 0. The van der Waals surface area contributed by atoms with E-state index in [1.807, 2.05) is 36.0 Å². The van der Waals surface area contributed by atoms with Gasteiger partial charge in [0, 0.05) is 12.3 Å². The van der Waals surface area contributed by atoms with Gasteiger partial charge in [-0.05, 0) is 19.2 Å². The molecule has 62 valence electrons. The van der Waals surface area contributed by atoms with Crippen molar-refractivity contribution < 1.29 is 0 Å². The number of aryl methyl sites for hydroxylation is 1. The van der Waals surface area contributed by atoms with E-state index in [9.17, 15) is 0 Å². The van der Waals surface area contributed by atoms with E-state index in [4.69, 9.17) is 0 Å². The highest BCUT2D eigenvalue weighted by molar-refractivity contribution is 7.98. The van der Waals surface area contributed by atoms with E-state index in [1.54, 1.807) is 11.8 Å². The lowest BCUT2D eigenvalue weighted by atomic mass is 10.5. The van der Waals surface area contributed by atoms with Gasteiger partial charge in [0.1, 0.15) is 5.03 Å². The van der Waals surface area contributed by atoms with Crippen molar-refractivity contribution >= 4 is 17.4 Å². The van der Waals surface area contributed by atoms with Crippen LogP contribution in [0.3, 0.4) is 0 Å². The Morgan fingerprint density at radius 3 is 3.08 bits per heavy atom. The minimum Gasteiger partial charge on any atom is -0.237 e. The van der Waals surface area contributed by atoms with Gasteiger partial charge in [-0.2, -0.15) is 5.10 Å². The second-order valence-electron chi connectivity index (χ2n) is 2.54. The number of rotatable bonds is 1. The molecule has 0 aliphatic rings. The van der Waals surface area contributed by atoms with Crippen LogP contribution in [0.15, 0.2) is 23.4 Å². The molecule has 0 spiro atoms. The Bertz CT molecular complexity index is 408. The second kappa shape index (κ2) is 2.79. The van der Waals surface area contributed by atoms with Crippen molar-refractivity contribution in [3.63, 3.8) is 0 Å². The van der Waals surface area contributed by atoms with Gasteiger partial charge >= 0.3 is 0 Å². The molecule has 0 atom stereocenters. The maximum atomic E-state index is 4.32. The van der Waals surface area contributed by atoms with Crippen molar-refractivity contribution in [2.45, 2.75) is 11.9 Å². The lowest BCUT2D eigenvalue weighted by molar-refractivity contribution is 0.830. The van der Waals surface area contributed by atoms with Crippen LogP contribution in [-0.4, -0.2) is 20.9 Å². The van der Waals surface area contributed by atoms with Crippen LogP contribution < -0.4 is 0 Å². The first-order chi connectivity index (χ1) is 5.81. The van der Waals surface area contributed by atoms with E-state index in [2.05, 4.69) is 10.1 Å². The van der Waals surface area contributed by atoms with Crippen molar-refractivity contribution in [1.82, 2.24) is 14.6 Å². The van der Waals surface area contributed by atoms with Crippen LogP contribution >= 0.6 is 11.8 Å². The van der Waals surface area contributed by atoms with Crippen LogP contribution in [-0.2, 0) is 0 Å². The van der Waals surface area contributed by atoms with Gasteiger partial charge in [-0.15, -0.1) is 11.8 Å². The molecule has 0 radical (unpaired) electrons. The predicted octanol–water partition coefficient (Wildman–Crippen LogP) is 1.76. The second-order valence-corrected chi connectivity index (χ2v) is 3.37. The highest BCUT2D eigenvalue weighted by atomic mass is 32.2. The van der Waals surface area contributed by atoms with Crippen LogP contribution in [0.4, 0.5) is 0 Å². The summed E-state index contributed by atoms with van der Waals surface area (Å²) in [5.74, 6) is 0. The number of fused-ring (bicyclic) bond motifs is 1. The molecule has 0 aromatic carbocycles. The first-order valence-corrected chi connectivity index (χ1v) is 4.89. The maximum absolute atomic E-state index is 4.32. The van der Waals surface area contributed by atoms with Gasteiger partial charge < -0.3 is 0 Å². The predicted molar refractivity (Wildman–Crippen MR) is 49.5 cm³/mol. The van der Waals surface area contributed by atoms with Crippen LogP contribution in [0, 0.1) is 6.92 Å². The summed E-state index contributed by atoms with van der Waals surface area (Å²) in [6.07, 6.45) is 3.84.